The van der Waals surface area contributed by atoms with Gasteiger partial charge in [0, 0.05) is 28.6 Å². The van der Waals surface area contributed by atoms with Gasteiger partial charge in [-0.15, -0.1) is 0 Å². The Hall–Kier alpha value is -0.810. The van der Waals surface area contributed by atoms with Crippen molar-refractivity contribution in [1.29, 1.82) is 0 Å². The van der Waals surface area contributed by atoms with Crippen LogP contribution in [0, 0.1) is 10.5 Å². The molecule has 0 aliphatic heterocycles. The van der Waals surface area contributed by atoms with Crippen LogP contribution in [0.25, 0.3) is 0 Å². The Morgan fingerprint density at radius 1 is 1.17 bits per heavy atom. The molecular weight excluding hydrogens is 335 g/mol. The molecule has 0 fully saturated rings. The second-order valence-corrected chi connectivity index (χ2v) is 5.71. The van der Waals surface area contributed by atoms with Gasteiger partial charge in [-0.25, -0.2) is 0 Å². The van der Waals surface area contributed by atoms with Gasteiger partial charge >= 0.3 is 0 Å². The van der Waals surface area contributed by atoms with Crippen molar-refractivity contribution >= 4 is 22.6 Å². The second-order valence-electron chi connectivity index (χ2n) is 4.46. The van der Waals surface area contributed by atoms with Gasteiger partial charge in [-0.2, -0.15) is 0 Å². The third kappa shape index (κ3) is 3.36. The van der Waals surface area contributed by atoms with Gasteiger partial charge in [0.15, 0.2) is 0 Å². The Bertz CT molecular complexity index is 500. The molecule has 96 valence electrons. The maximum absolute atomic E-state index is 3.38. The first-order valence-corrected chi connectivity index (χ1v) is 7.38. The highest BCUT2D eigenvalue weighted by molar-refractivity contribution is 14.1. The first-order chi connectivity index (χ1) is 8.70. The van der Waals surface area contributed by atoms with Crippen LogP contribution in [-0.4, -0.2) is 11.1 Å². The topological polar surface area (TPSA) is 17.0 Å². The maximum atomic E-state index is 3.38. The number of nitrogens with one attached hydrogen (secondary N) is 1. The van der Waals surface area contributed by atoms with Crippen molar-refractivity contribution in [3.8, 4) is 0 Å². The lowest BCUT2D eigenvalue weighted by Crippen LogP contribution is -2.12. The third-order valence-corrected chi connectivity index (χ3v) is 3.90. The molecule has 1 aromatic heterocycles. The molecule has 2 aromatic rings. The number of aromatic nitrogens is 1. The van der Waals surface area contributed by atoms with E-state index in [1.54, 1.807) is 0 Å². The number of halogens is 1. The minimum atomic E-state index is 0.953. The van der Waals surface area contributed by atoms with Crippen molar-refractivity contribution in [2.24, 2.45) is 0 Å². The Balaban J connectivity index is 2.09. The molecule has 0 unspecified atom stereocenters. The number of hydrogen-bond donors (Lipinski definition) is 1. The van der Waals surface area contributed by atoms with Crippen LogP contribution in [0.5, 0.6) is 0 Å². The summed E-state index contributed by atoms with van der Waals surface area (Å²) in [4.78, 5) is 0. The molecule has 0 saturated heterocycles. The molecule has 0 aliphatic rings. The molecule has 2 rings (SSSR count). The Labute approximate surface area is 123 Å². The molecule has 1 heterocycles. The molecule has 0 aliphatic carbocycles. The van der Waals surface area contributed by atoms with Crippen LogP contribution in [0.2, 0.25) is 0 Å². The minimum absolute atomic E-state index is 0.953. The molecular formula is C15H19IN2. The van der Waals surface area contributed by atoms with Gasteiger partial charge in [-0.1, -0.05) is 19.1 Å². The molecule has 0 atom stereocenters. The predicted molar refractivity (Wildman–Crippen MR) is 84.8 cm³/mol. The summed E-state index contributed by atoms with van der Waals surface area (Å²) in [5.74, 6) is 0. The minimum Gasteiger partial charge on any atom is -0.347 e. The van der Waals surface area contributed by atoms with Crippen LogP contribution >= 0.6 is 22.6 Å². The maximum Gasteiger partial charge on any atom is 0.0472 e. The molecule has 3 heteroatoms. The average molecular weight is 354 g/mol. The van der Waals surface area contributed by atoms with E-state index in [1.807, 2.05) is 0 Å². The van der Waals surface area contributed by atoms with E-state index in [0.717, 1.165) is 19.6 Å². The quantitative estimate of drug-likeness (QED) is 0.813. The lowest BCUT2D eigenvalue weighted by atomic mass is 10.2. The zero-order valence-electron chi connectivity index (χ0n) is 10.9. The lowest BCUT2D eigenvalue weighted by Gasteiger charge is -2.08. The van der Waals surface area contributed by atoms with Crippen molar-refractivity contribution in [2.75, 3.05) is 6.54 Å². The molecule has 0 saturated carbocycles. The van der Waals surface area contributed by atoms with Crippen LogP contribution in [0.15, 0.2) is 36.5 Å². The zero-order chi connectivity index (χ0) is 13.0. The van der Waals surface area contributed by atoms with Crippen LogP contribution in [0.1, 0.15) is 23.7 Å². The van der Waals surface area contributed by atoms with E-state index in [1.165, 1.54) is 20.4 Å². The van der Waals surface area contributed by atoms with Crippen LogP contribution in [0.3, 0.4) is 0 Å². The van der Waals surface area contributed by atoms with Crippen molar-refractivity contribution in [2.45, 2.75) is 26.9 Å². The van der Waals surface area contributed by atoms with Crippen molar-refractivity contribution in [3.05, 3.63) is 56.9 Å². The molecule has 0 spiro atoms. The largest absolute Gasteiger partial charge is 0.347 e. The van der Waals surface area contributed by atoms with E-state index in [9.17, 15) is 0 Å². The summed E-state index contributed by atoms with van der Waals surface area (Å²) in [6, 6.07) is 10.9. The number of benzene rings is 1. The first-order valence-electron chi connectivity index (χ1n) is 6.30. The van der Waals surface area contributed by atoms with Crippen LogP contribution < -0.4 is 5.32 Å². The number of rotatable bonds is 5. The van der Waals surface area contributed by atoms with Crippen molar-refractivity contribution in [1.82, 2.24) is 9.88 Å². The smallest absolute Gasteiger partial charge is 0.0472 e. The Morgan fingerprint density at radius 2 is 1.89 bits per heavy atom. The summed E-state index contributed by atoms with van der Waals surface area (Å²) in [6.45, 7) is 7.26. The normalized spacial score (nSPS) is 10.8. The molecule has 0 bridgehead atoms. The molecule has 0 radical (unpaired) electrons. The lowest BCUT2D eigenvalue weighted by molar-refractivity contribution is 0.710. The molecule has 18 heavy (non-hydrogen) atoms. The molecule has 2 nitrogen and oxygen atoms in total. The van der Waals surface area contributed by atoms with Crippen LogP contribution in [0.4, 0.5) is 0 Å². The molecule has 0 amide bonds. The SMILES string of the molecule is CCNCc1ccn(Cc2ccc(I)cc2)c1C. The summed E-state index contributed by atoms with van der Waals surface area (Å²) in [5, 5.41) is 3.38. The number of hydrogen-bond acceptors (Lipinski definition) is 1. The van der Waals surface area contributed by atoms with Crippen molar-refractivity contribution in [3.63, 3.8) is 0 Å². The fourth-order valence-corrected chi connectivity index (χ4v) is 2.36. The third-order valence-electron chi connectivity index (χ3n) is 3.18. The Kier molecular flexibility index (Phi) is 4.83. The van der Waals surface area contributed by atoms with Gasteiger partial charge < -0.3 is 9.88 Å². The van der Waals surface area contributed by atoms with E-state index < -0.39 is 0 Å². The highest BCUT2D eigenvalue weighted by Crippen LogP contribution is 2.13. The van der Waals surface area contributed by atoms with Gasteiger partial charge in [0.2, 0.25) is 0 Å². The monoisotopic (exact) mass is 354 g/mol. The highest BCUT2D eigenvalue weighted by Gasteiger charge is 2.04. The van der Waals surface area contributed by atoms with Crippen molar-refractivity contribution < 1.29 is 0 Å². The molecule has 1 aromatic carbocycles. The summed E-state index contributed by atoms with van der Waals surface area (Å²) in [7, 11) is 0. The zero-order valence-corrected chi connectivity index (χ0v) is 13.1. The van der Waals surface area contributed by atoms with Gasteiger partial charge in [0.25, 0.3) is 0 Å². The summed E-state index contributed by atoms with van der Waals surface area (Å²) in [6.07, 6.45) is 2.18. The summed E-state index contributed by atoms with van der Waals surface area (Å²) in [5.41, 5.74) is 4.10. The van der Waals surface area contributed by atoms with Gasteiger partial charge in [0.05, 0.1) is 0 Å². The fraction of sp³-hybridized carbons (Fsp3) is 0.333. The summed E-state index contributed by atoms with van der Waals surface area (Å²) < 4.78 is 3.60. The van der Waals surface area contributed by atoms with Gasteiger partial charge in [0.1, 0.15) is 0 Å². The second kappa shape index (κ2) is 6.38. The average Bonchev–Trinajstić information content (AvgIpc) is 2.71. The standard InChI is InChI=1S/C15H19IN2/c1-3-17-10-14-8-9-18(12(14)2)11-13-4-6-15(16)7-5-13/h4-9,17H,3,10-11H2,1-2H3. The molecule has 1 N–H and O–H groups in total. The van der Waals surface area contributed by atoms with Gasteiger partial charge in [-0.3, -0.25) is 0 Å². The summed E-state index contributed by atoms with van der Waals surface area (Å²) >= 11 is 2.34. The van der Waals surface area contributed by atoms with E-state index in [0.29, 0.717) is 0 Å². The van der Waals surface area contributed by atoms with E-state index in [4.69, 9.17) is 0 Å². The Morgan fingerprint density at radius 3 is 2.56 bits per heavy atom. The highest BCUT2D eigenvalue weighted by atomic mass is 127. The van der Waals surface area contributed by atoms with Gasteiger partial charge in [-0.05, 0) is 65.4 Å². The van der Waals surface area contributed by atoms with E-state index in [2.05, 4.69) is 82.9 Å². The fourth-order valence-electron chi connectivity index (χ4n) is 2.00. The first kappa shape index (κ1) is 13.6. The number of nitrogens with zero attached hydrogens (tertiary/aromatic N) is 1. The van der Waals surface area contributed by atoms with E-state index in [-0.39, 0.29) is 0 Å². The van der Waals surface area contributed by atoms with Crippen LogP contribution in [-0.2, 0) is 13.1 Å². The van der Waals surface area contributed by atoms with E-state index >= 15 is 0 Å². The predicted octanol–water partition coefficient (Wildman–Crippen LogP) is 3.56.